The van der Waals surface area contributed by atoms with E-state index in [2.05, 4.69) is 0 Å². The van der Waals surface area contributed by atoms with Crippen molar-refractivity contribution in [3.63, 3.8) is 0 Å². The average Bonchev–Trinajstić information content (AvgIpc) is 2.79. The van der Waals surface area contributed by atoms with Crippen LogP contribution in [0.2, 0.25) is 0 Å². The quantitative estimate of drug-likeness (QED) is 0.369. The molecular formula is C13H14O5. The molecule has 5 nitrogen and oxygen atoms in total. The Balaban J connectivity index is 1.81. The molecular weight excluding hydrogens is 236 g/mol. The Kier molecular flexibility index (Phi) is 1.90. The van der Waals surface area contributed by atoms with E-state index < -0.39 is 18.0 Å². The second kappa shape index (κ2) is 3.20. The molecule has 0 amide bonds. The largest absolute Gasteiger partial charge is 0.393 e. The molecule has 3 saturated carbocycles. The number of hydrogen-bond acceptors (Lipinski definition) is 5. The van der Waals surface area contributed by atoms with Gasteiger partial charge in [-0.1, -0.05) is 0 Å². The first-order valence-electron chi connectivity index (χ1n) is 6.54. The van der Waals surface area contributed by atoms with Crippen molar-refractivity contribution in [3.05, 3.63) is 0 Å². The number of esters is 2. The lowest BCUT2D eigenvalue weighted by molar-refractivity contribution is -0.170. The highest BCUT2D eigenvalue weighted by atomic mass is 16.6. The molecule has 4 rings (SSSR count). The fraction of sp³-hybridized carbons (Fsp3) is 0.769. The van der Waals surface area contributed by atoms with Crippen molar-refractivity contribution >= 4 is 17.7 Å². The lowest BCUT2D eigenvalue weighted by Gasteiger charge is -2.30. The highest BCUT2D eigenvalue weighted by Gasteiger charge is 2.66. The molecule has 96 valence electrons. The number of hydrogen-bond donors (Lipinski definition) is 1. The van der Waals surface area contributed by atoms with E-state index in [1.165, 1.54) is 0 Å². The molecule has 1 aliphatic heterocycles. The smallest absolute Gasteiger partial charge is 0.316 e. The van der Waals surface area contributed by atoms with E-state index >= 15 is 0 Å². The molecule has 4 bridgehead atoms. The summed E-state index contributed by atoms with van der Waals surface area (Å²) in [5, 5.41) is 10.0. The number of ether oxygens (including phenoxy) is 1. The Morgan fingerprint density at radius 2 is 1.61 bits per heavy atom. The van der Waals surface area contributed by atoms with E-state index in [1.54, 1.807) is 0 Å². The average molecular weight is 250 g/mol. The molecule has 4 fully saturated rings. The molecule has 4 aliphatic rings. The van der Waals surface area contributed by atoms with Crippen molar-refractivity contribution in [2.45, 2.75) is 25.4 Å². The molecule has 7 unspecified atom stereocenters. The Morgan fingerprint density at radius 1 is 0.944 bits per heavy atom. The van der Waals surface area contributed by atoms with E-state index in [4.69, 9.17) is 4.74 Å². The first-order valence-corrected chi connectivity index (χ1v) is 6.54. The van der Waals surface area contributed by atoms with Crippen LogP contribution >= 0.6 is 0 Å². The minimum absolute atomic E-state index is 0.00819. The summed E-state index contributed by atoms with van der Waals surface area (Å²) in [4.78, 5) is 35.5. The number of carbonyl (C=O) groups excluding carboxylic acids is 3. The summed E-state index contributed by atoms with van der Waals surface area (Å²) in [5.41, 5.74) is 0. The van der Waals surface area contributed by atoms with Gasteiger partial charge < -0.3 is 9.84 Å². The number of ketones is 1. The highest BCUT2D eigenvalue weighted by molar-refractivity contribution is 5.94. The van der Waals surface area contributed by atoms with Gasteiger partial charge in [0, 0.05) is 12.3 Å². The van der Waals surface area contributed by atoms with Gasteiger partial charge in [0.2, 0.25) is 0 Å². The first kappa shape index (κ1) is 10.7. The molecule has 1 heterocycles. The second-order valence-corrected chi connectivity index (χ2v) is 6.09. The van der Waals surface area contributed by atoms with Gasteiger partial charge in [-0.25, -0.2) is 0 Å². The Bertz CT molecular complexity index is 470. The van der Waals surface area contributed by atoms with Crippen LogP contribution in [0.4, 0.5) is 0 Å². The van der Waals surface area contributed by atoms with Crippen LogP contribution in [0.15, 0.2) is 0 Å². The summed E-state index contributed by atoms with van der Waals surface area (Å²) in [6.07, 6.45) is 0.694. The summed E-state index contributed by atoms with van der Waals surface area (Å²) in [5.74, 6) is -1.68. The zero-order valence-corrected chi connectivity index (χ0v) is 9.74. The summed E-state index contributed by atoms with van der Waals surface area (Å²) >= 11 is 0. The van der Waals surface area contributed by atoms with Crippen LogP contribution in [0.25, 0.3) is 0 Å². The Morgan fingerprint density at radius 3 is 2.33 bits per heavy atom. The highest BCUT2D eigenvalue weighted by Crippen LogP contribution is 2.61. The topological polar surface area (TPSA) is 80.7 Å². The third-order valence-corrected chi connectivity index (χ3v) is 5.49. The van der Waals surface area contributed by atoms with Crippen LogP contribution in [-0.4, -0.2) is 28.9 Å². The van der Waals surface area contributed by atoms with Gasteiger partial charge in [0.25, 0.3) is 0 Å². The molecule has 0 aromatic heterocycles. The molecule has 18 heavy (non-hydrogen) atoms. The lowest BCUT2D eigenvalue weighted by atomic mass is 9.78. The van der Waals surface area contributed by atoms with Gasteiger partial charge in [-0.05, 0) is 30.6 Å². The maximum atomic E-state index is 12.0. The first-order chi connectivity index (χ1) is 8.58. The number of cyclic esters (lactones) is 2. The molecule has 1 saturated heterocycles. The van der Waals surface area contributed by atoms with Crippen LogP contribution in [-0.2, 0) is 19.1 Å². The van der Waals surface area contributed by atoms with Gasteiger partial charge in [0.15, 0.2) is 0 Å². The van der Waals surface area contributed by atoms with Gasteiger partial charge >= 0.3 is 11.9 Å². The molecule has 0 aromatic rings. The fourth-order valence-electron chi connectivity index (χ4n) is 4.89. The number of aliphatic hydroxyl groups excluding tert-OH is 1. The molecule has 0 aromatic carbocycles. The Labute approximate surface area is 103 Å². The van der Waals surface area contributed by atoms with Crippen molar-refractivity contribution in [1.29, 1.82) is 0 Å². The third kappa shape index (κ3) is 1.09. The van der Waals surface area contributed by atoms with Crippen molar-refractivity contribution in [1.82, 2.24) is 0 Å². The summed E-state index contributed by atoms with van der Waals surface area (Å²) < 4.78 is 4.77. The van der Waals surface area contributed by atoms with E-state index in [0.29, 0.717) is 12.8 Å². The summed E-state index contributed by atoms with van der Waals surface area (Å²) in [6, 6.07) is 0. The third-order valence-electron chi connectivity index (χ3n) is 5.49. The van der Waals surface area contributed by atoms with Crippen molar-refractivity contribution in [3.8, 4) is 0 Å². The standard InChI is InChI=1S/C13H14O5/c14-8-3-9(15)5-1-4(8)10-6-2-7(11(5)10)13(17)18-12(6)16/h4-8,10-11,14H,1-3H2. The zero-order chi connectivity index (χ0) is 12.6. The van der Waals surface area contributed by atoms with Gasteiger partial charge in [0.1, 0.15) is 5.78 Å². The number of carbonyl (C=O) groups is 3. The van der Waals surface area contributed by atoms with E-state index in [-0.39, 0.29) is 47.7 Å². The second-order valence-electron chi connectivity index (χ2n) is 6.09. The van der Waals surface area contributed by atoms with Crippen LogP contribution in [0.5, 0.6) is 0 Å². The monoisotopic (exact) mass is 250 g/mol. The summed E-state index contributed by atoms with van der Waals surface area (Å²) in [7, 11) is 0. The van der Waals surface area contributed by atoms with Crippen LogP contribution in [0.1, 0.15) is 19.3 Å². The van der Waals surface area contributed by atoms with Gasteiger partial charge in [-0.15, -0.1) is 0 Å². The van der Waals surface area contributed by atoms with E-state index in [9.17, 15) is 19.5 Å². The molecule has 0 radical (unpaired) electrons. The number of Topliss-reactive ketones (excluding diaryl/α,β-unsaturated/α-hetero) is 1. The minimum Gasteiger partial charge on any atom is -0.393 e. The number of fused-ring (bicyclic) bond motifs is 9. The van der Waals surface area contributed by atoms with Crippen LogP contribution < -0.4 is 0 Å². The molecule has 5 heteroatoms. The van der Waals surface area contributed by atoms with Crippen molar-refractivity contribution in [2.24, 2.45) is 35.5 Å². The van der Waals surface area contributed by atoms with Gasteiger partial charge in [0.05, 0.1) is 17.9 Å². The maximum Gasteiger partial charge on any atom is 0.316 e. The fourth-order valence-corrected chi connectivity index (χ4v) is 4.89. The lowest BCUT2D eigenvalue weighted by Crippen LogP contribution is -2.38. The van der Waals surface area contributed by atoms with Crippen LogP contribution in [0, 0.1) is 35.5 Å². The van der Waals surface area contributed by atoms with Crippen LogP contribution in [0.3, 0.4) is 0 Å². The van der Waals surface area contributed by atoms with E-state index in [0.717, 1.165) is 0 Å². The molecule has 3 aliphatic carbocycles. The Hall–Kier alpha value is -1.23. The minimum atomic E-state index is -0.647. The predicted octanol–water partition coefficient (Wildman–Crippen LogP) is -0.0919. The SMILES string of the molecule is O=C1CC(O)C2CC1C1C3CC(C(=O)OC3=O)C21. The van der Waals surface area contributed by atoms with Gasteiger partial charge in [-0.2, -0.15) is 0 Å². The maximum absolute atomic E-state index is 12.0. The predicted molar refractivity (Wildman–Crippen MR) is 56.9 cm³/mol. The number of rotatable bonds is 0. The summed E-state index contributed by atoms with van der Waals surface area (Å²) in [6.45, 7) is 0. The van der Waals surface area contributed by atoms with E-state index in [1.807, 2.05) is 0 Å². The molecule has 1 N–H and O–H groups in total. The zero-order valence-electron chi connectivity index (χ0n) is 9.74. The van der Waals surface area contributed by atoms with Gasteiger partial charge in [-0.3, -0.25) is 14.4 Å². The number of aliphatic hydroxyl groups is 1. The normalized spacial score (nSPS) is 53.4. The van der Waals surface area contributed by atoms with Crippen molar-refractivity contribution in [2.75, 3.05) is 0 Å². The molecule has 7 atom stereocenters. The van der Waals surface area contributed by atoms with Crippen molar-refractivity contribution < 1.29 is 24.2 Å². The molecule has 0 spiro atoms.